The van der Waals surface area contributed by atoms with Crippen LogP contribution in [-0.2, 0) is 19.6 Å². The van der Waals surface area contributed by atoms with Crippen LogP contribution in [0.2, 0.25) is 0 Å². The Morgan fingerprint density at radius 3 is 2.48 bits per heavy atom. The Balaban J connectivity index is 1.98. The molecule has 6 heteroatoms. The summed E-state index contributed by atoms with van der Waals surface area (Å²) in [6.07, 6.45) is 2.50. The van der Waals surface area contributed by atoms with Gasteiger partial charge in [0.2, 0.25) is 10.0 Å². The van der Waals surface area contributed by atoms with Gasteiger partial charge < -0.3 is 4.74 Å². The predicted octanol–water partition coefficient (Wildman–Crippen LogP) is 1.82. The highest BCUT2D eigenvalue weighted by molar-refractivity contribution is 7.89. The summed E-state index contributed by atoms with van der Waals surface area (Å²) in [5.74, 6) is -0.501. The zero-order chi connectivity index (χ0) is 15.3. The number of esters is 1. The number of rotatable bonds is 5. The molecule has 0 aromatic heterocycles. The average Bonchev–Trinajstić information content (AvgIpc) is 2.53. The van der Waals surface area contributed by atoms with Crippen LogP contribution in [0.15, 0.2) is 47.9 Å². The minimum Gasteiger partial charge on any atom is -0.461 e. The summed E-state index contributed by atoms with van der Waals surface area (Å²) in [6, 6.07) is 8.35. The maximum atomic E-state index is 12.4. The molecule has 0 bridgehead atoms. The van der Waals surface area contributed by atoms with Crippen LogP contribution in [0.5, 0.6) is 0 Å². The second kappa shape index (κ2) is 6.87. The molecule has 1 aromatic carbocycles. The van der Waals surface area contributed by atoms with Gasteiger partial charge >= 0.3 is 5.97 Å². The zero-order valence-electron chi connectivity index (χ0n) is 11.8. The van der Waals surface area contributed by atoms with Crippen LogP contribution in [0.3, 0.4) is 0 Å². The lowest BCUT2D eigenvalue weighted by atomic mass is 9.98. The Kier molecular flexibility index (Phi) is 5.14. The van der Waals surface area contributed by atoms with Gasteiger partial charge in [0, 0.05) is 13.1 Å². The van der Waals surface area contributed by atoms with Crippen molar-refractivity contribution in [2.45, 2.75) is 17.7 Å². The Labute approximate surface area is 125 Å². The van der Waals surface area contributed by atoms with Crippen molar-refractivity contribution in [3.8, 4) is 0 Å². The molecule has 0 N–H and O–H groups in total. The van der Waals surface area contributed by atoms with E-state index in [0.29, 0.717) is 25.9 Å². The first-order valence-electron chi connectivity index (χ1n) is 6.88. The molecule has 0 aliphatic carbocycles. The molecule has 0 saturated carbocycles. The van der Waals surface area contributed by atoms with Crippen molar-refractivity contribution in [3.05, 3.63) is 43.0 Å². The zero-order valence-corrected chi connectivity index (χ0v) is 12.6. The van der Waals surface area contributed by atoms with Crippen molar-refractivity contribution in [2.75, 3.05) is 19.7 Å². The Hall–Kier alpha value is -1.66. The fourth-order valence-corrected chi connectivity index (χ4v) is 3.82. The molecule has 0 unspecified atom stereocenters. The van der Waals surface area contributed by atoms with Gasteiger partial charge in [-0.15, -0.1) is 0 Å². The molecule has 0 amide bonds. The van der Waals surface area contributed by atoms with E-state index in [1.807, 2.05) is 0 Å². The summed E-state index contributed by atoms with van der Waals surface area (Å²) in [7, 11) is -3.46. The van der Waals surface area contributed by atoms with Crippen molar-refractivity contribution >= 4 is 16.0 Å². The quantitative estimate of drug-likeness (QED) is 0.615. The molecular weight excluding hydrogens is 290 g/mol. The number of nitrogens with zero attached hydrogens (tertiary/aromatic N) is 1. The van der Waals surface area contributed by atoms with Crippen molar-refractivity contribution in [1.29, 1.82) is 0 Å². The molecule has 1 aliphatic heterocycles. The van der Waals surface area contributed by atoms with Gasteiger partial charge in [0.15, 0.2) is 0 Å². The van der Waals surface area contributed by atoms with Gasteiger partial charge in [-0.2, -0.15) is 4.31 Å². The first-order chi connectivity index (χ1) is 10.1. The van der Waals surface area contributed by atoms with Crippen LogP contribution >= 0.6 is 0 Å². The van der Waals surface area contributed by atoms with Gasteiger partial charge in [-0.3, -0.25) is 4.79 Å². The Morgan fingerprint density at radius 1 is 1.29 bits per heavy atom. The van der Waals surface area contributed by atoms with E-state index in [1.54, 1.807) is 30.3 Å². The summed E-state index contributed by atoms with van der Waals surface area (Å²) in [5.41, 5.74) is 0. The molecule has 1 aromatic rings. The summed E-state index contributed by atoms with van der Waals surface area (Å²) in [6.45, 7) is 4.36. The smallest absolute Gasteiger partial charge is 0.309 e. The maximum Gasteiger partial charge on any atom is 0.309 e. The molecule has 0 spiro atoms. The molecule has 1 saturated heterocycles. The van der Waals surface area contributed by atoms with E-state index in [1.165, 1.54) is 10.4 Å². The SMILES string of the molecule is C=CCOC(=O)C1CCN(S(=O)(=O)c2ccccc2)CC1. The summed E-state index contributed by atoms with van der Waals surface area (Å²) in [4.78, 5) is 12.0. The molecule has 114 valence electrons. The first-order valence-corrected chi connectivity index (χ1v) is 8.32. The number of ether oxygens (including phenoxy) is 1. The van der Waals surface area contributed by atoms with E-state index in [2.05, 4.69) is 6.58 Å². The number of carbonyl (C=O) groups excluding carboxylic acids is 1. The molecule has 1 fully saturated rings. The predicted molar refractivity (Wildman–Crippen MR) is 79.1 cm³/mol. The van der Waals surface area contributed by atoms with Gasteiger partial charge in [0.05, 0.1) is 10.8 Å². The minimum absolute atomic E-state index is 0.196. The summed E-state index contributed by atoms with van der Waals surface area (Å²) >= 11 is 0. The van der Waals surface area contributed by atoms with E-state index in [-0.39, 0.29) is 23.4 Å². The van der Waals surface area contributed by atoms with E-state index in [4.69, 9.17) is 4.74 Å². The highest BCUT2D eigenvalue weighted by Gasteiger charge is 2.32. The number of benzene rings is 1. The van der Waals surface area contributed by atoms with Gasteiger partial charge in [0.25, 0.3) is 0 Å². The molecular formula is C15H19NO4S. The van der Waals surface area contributed by atoms with Crippen LogP contribution in [0, 0.1) is 5.92 Å². The lowest BCUT2D eigenvalue weighted by Crippen LogP contribution is -2.40. The minimum atomic E-state index is -3.46. The van der Waals surface area contributed by atoms with E-state index < -0.39 is 10.0 Å². The van der Waals surface area contributed by atoms with Gasteiger partial charge in [-0.25, -0.2) is 8.42 Å². The average molecular weight is 309 g/mol. The third-order valence-electron chi connectivity index (χ3n) is 3.51. The molecule has 21 heavy (non-hydrogen) atoms. The van der Waals surface area contributed by atoms with Crippen LogP contribution in [-0.4, -0.2) is 38.4 Å². The summed E-state index contributed by atoms with van der Waals surface area (Å²) in [5, 5.41) is 0. The third kappa shape index (κ3) is 3.71. The molecule has 1 aliphatic rings. The number of sulfonamides is 1. The van der Waals surface area contributed by atoms with Crippen LogP contribution in [0.25, 0.3) is 0 Å². The second-order valence-electron chi connectivity index (χ2n) is 4.91. The topological polar surface area (TPSA) is 63.7 Å². The Bertz CT molecular complexity index is 589. The first kappa shape index (κ1) is 15.7. The summed E-state index contributed by atoms with van der Waals surface area (Å²) < 4.78 is 31.3. The number of hydrogen-bond donors (Lipinski definition) is 0. The van der Waals surface area contributed by atoms with Crippen LogP contribution < -0.4 is 0 Å². The second-order valence-corrected chi connectivity index (χ2v) is 6.85. The van der Waals surface area contributed by atoms with Crippen molar-refractivity contribution in [3.63, 3.8) is 0 Å². The monoisotopic (exact) mass is 309 g/mol. The van der Waals surface area contributed by atoms with Gasteiger partial charge in [-0.05, 0) is 25.0 Å². The number of piperidine rings is 1. The molecule has 0 atom stereocenters. The standard InChI is InChI=1S/C15H19NO4S/c1-2-12-20-15(17)13-8-10-16(11-9-13)21(18,19)14-6-4-3-5-7-14/h2-7,13H,1,8-12H2. The fraction of sp³-hybridized carbons (Fsp3) is 0.400. The molecule has 2 rings (SSSR count). The van der Waals surface area contributed by atoms with Crippen molar-refractivity contribution in [1.82, 2.24) is 4.31 Å². The lowest BCUT2D eigenvalue weighted by Gasteiger charge is -2.30. The van der Waals surface area contributed by atoms with Gasteiger partial charge in [-0.1, -0.05) is 30.9 Å². The van der Waals surface area contributed by atoms with Crippen molar-refractivity contribution < 1.29 is 17.9 Å². The third-order valence-corrected chi connectivity index (χ3v) is 5.42. The highest BCUT2D eigenvalue weighted by Crippen LogP contribution is 2.24. The fourth-order valence-electron chi connectivity index (χ4n) is 2.33. The Morgan fingerprint density at radius 2 is 1.90 bits per heavy atom. The highest BCUT2D eigenvalue weighted by atomic mass is 32.2. The van der Waals surface area contributed by atoms with E-state index in [9.17, 15) is 13.2 Å². The van der Waals surface area contributed by atoms with Crippen LogP contribution in [0.4, 0.5) is 0 Å². The normalized spacial score (nSPS) is 17.3. The van der Waals surface area contributed by atoms with E-state index >= 15 is 0 Å². The molecule has 0 radical (unpaired) electrons. The van der Waals surface area contributed by atoms with Crippen LogP contribution in [0.1, 0.15) is 12.8 Å². The molecule has 1 heterocycles. The maximum absolute atomic E-state index is 12.4. The largest absolute Gasteiger partial charge is 0.461 e. The molecule has 5 nitrogen and oxygen atoms in total. The number of hydrogen-bond acceptors (Lipinski definition) is 4. The van der Waals surface area contributed by atoms with Crippen molar-refractivity contribution in [2.24, 2.45) is 5.92 Å². The van der Waals surface area contributed by atoms with E-state index in [0.717, 1.165) is 0 Å². The lowest BCUT2D eigenvalue weighted by molar-refractivity contribution is -0.148. The van der Waals surface area contributed by atoms with Gasteiger partial charge in [0.1, 0.15) is 6.61 Å². The number of carbonyl (C=O) groups is 1.